The highest BCUT2D eigenvalue weighted by Gasteiger charge is 2.13. The van der Waals surface area contributed by atoms with Gasteiger partial charge in [0.2, 0.25) is 5.91 Å². The molecule has 0 aliphatic rings. The van der Waals surface area contributed by atoms with E-state index in [-0.39, 0.29) is 17.9 Å². The monoisotopic (exact) mass is 353 g/mol. The van der Waals surface area contributed by atoms with Crippen LogP contribution in [0.4, 0.5) is 5.69 Å². The van der Waals surface area contributed by atoms with Gasteiger partial charge in [0.15, 0.2) is 5.43 Å². The summed E-state index contributed by atoms with van der Waals surface area (Å²) in [6.45, 7) is 0.0537. The SMILES string of the molecule is N#Cc1cccc(NC(=O)Cn2c3ccccc3c(=O)c3ccccc32)c1. The largest absolute Gasteiger partial charge is 0.331 e. The molecule has 4 aromatic rings. The van der Waals surface area contributed by atoms with E-state index in [1.165, 1.54) is 0 Å². The molecule has 0 saturated carbocycles. The number of aromatic nitrogens is 1. The van der Waals surface area contributed by atoms with Crippen LogP contribution in [0.5, 0.6) is 0 Å². The molecular weight excluding hydrogens is 338 g/mol. The van der Waals surface area contributed by atoms with E-state index in [1.807, 2.05) is 41.0 Å². The Kier molecular flexibility index (Phi) is 4.15. The summed E-state index contributed by atoms with van der Waals surface area (Å²) in [7, 11) is 0. The molecule has 5 nitrogen and oxygen atoms in total. The molecule has 1 heterocycles. The fourth-order valence-electron chi connectivity index (χ4n) is 3.26. The van der Waals surface area contributed by atoms with Crippen molar-refractivity contribution in [3.05, 3.63) is 88.6 Å². The third-order valence-electron chi connectivity index (χ3n) is 4.46. The molecule has 1 aromatic heterocycles. The van der Waals surface area contributed by atoms with Crippen LogP contribution in [0.1, 0.15) is 5.56 Å². The van der Waals surface area contributed by atoms with Gasteiger partial charge in [-0.15, -0.1) is 0 Å². The lowest BCUT2D eigenvalue weighted by Gasteiger charge is -2.15. The predicted octanol–water partition coefficient (Wildman–Crippen LogP) is 3.67. The van der Waals surface area contributed by atoms with E-state index in [4.69, 9.17) is 5.26 Å². The number of carbonyl (C=O) groups is 1. The minimum Gasteiger partial charge on any atom is -0.331 e. The molecule has 1 N–H and O–H groups in total. The molecule has 0 aliphatic heterocycles. The Morgan fingerprint density at radius 3 is 2.19 bits per heavy atom. The van der Waals surface area contributed by atoms with Crippen LogP contribution in [0, 0.1) is 11.3 Å². The lowest BCUT2D eigenvalue weighted by atomic mass is 10.1. The van der Waals surface area contributed by atoms with Crippen molar-refractivity contribution in [1.82, 2.24) is 4.57 Å². The fourth-order valence-corrected chi connectivity index (χ4v) is 3.26. The first kappa shape index (κ1) is 16.6. The Balaban J connectivity index is 1.78. The van der Waals surface area contributed by atoms with Crippen LogP contribution in [-0.2, 0) is 11.3 Å². The molecule has 0 fully saturated rings. The summed E-state index contributed by atoms with van der Waals surface area (Å²) in [5.41, 5.74) is 2.42. The van der Waals surface area contributed by atoms with Crippen molar-refractivity contribution < 1.29 is 4.79 Å². The Hall–Kier alpha value is -3.91. The van der Waals surface area contributed by atoms with E-state index in [2.05, 4.69) is 11.4 Å². The molecular formula is C22H15N3O2. The first-order valence-electron chi connectivity index (χ1n) is 8.47. The van der Waals surface area contributed by atoms with Gasteiger partial charge in [-0.1, -0.05) is 30.3 Å². The summed E-state index contributed by atoms with van der Waals surface area (Å²) in [5, 5.41) is 13.0. The summed E-state index contributed by atoms with van der Waals surface area (Å²) in [5.74, 6) is -0.232. The van der Waals surface area contributed by atoms with E-state index >= 15 is 0 Å². The summed E-state index contributed by atoms with van der Waals surface area (Å²) in [4.78, 5) is 25.4. The second kappa shape index (κ2) is 6.77. The number of hydrogen-bond donors (Lipinski definition) is 1. The van der Waals surface area contributed by atoms with Gasteiger partial charge >= 0.3 is 0 Å². The number of anilines is 1. The summed E-state index contributed by atoms with van der Waals surface area (Å²) < 4.78 is 1.84. The summed E-state index contributed by atoms with van der Waals surface area (Å²) in [6.07, 6.45) is 0. The number of nitrogens with one attached hydrogen (secondary N) is 1. The van der Waals surface area contributed by atoms with Gasteiger partial charge in [0.05, 0.1) is 22.7 Å². The standard InChI is InChI=1S/C22H15N3O2/c23-13-15-6-5-7-16(12-15)24-21(26)14-25-19-10-3-1-8-17(19)22(27)18-9-2-4-11-20(18)25/h1-12H,14H2,(H,24,26). The van der Waals surface area contributed by atoms with Crippen LogP contribution >= 0.6 is 0 Å². The molecule has 0 unspecified atom stereocenters. The Bertz CT molecular complexity index is 1220. The zero-order chi connectivity index (χ0) is 18.8. The molecule has 0 atom stereocenters. The number of carbonyl (C=O) groups excluding carboxylic acids is 1. The van der Waals surface area contributed by atoms with Gasteiger partial charge in [-0.05, 0) is 42.5 Å². The van der Waals surface area contributed by atoms with E-state index in [0.717, 1.165) is 0 Å². The van der Waals surface area contributed by atoms with Crippen LogP contribution in [0.2, 0.25) is 0 Å². The van der Waals surface area contributed by atoms with Crippen molar-refractivity contribution >= 4 is 33.4 Å². The van der Waals surface area contributed by atoms with Crippen molar-refractivity contribution in [2.24, 2.45) is 0 Å². The number of benzene rings is 3. The van der Waals surface area contributed by atoms with Crippen molar-refractivity contribution in [2.75, 3.05) is 5.32 Å². The van der Waals surface area contributed by atoms with Gasteiger partial charge in [0.25, 0.3) is 0 Å². The van der Waals surface area contributed by atoms with Gasteiger partial charge in [-0.2, -0.15) is 5.26 Å². The van der Waals surface area contributed by atoms with E-state index in [1.54, 1.807) is 36.4 Å². The van der Waals surface area contributed by atoms with E-state index in [9.17, 15) is 9.59 Å². The molecule has 0 radical (unpaired) electrons. The summed E-state index contributed by atoms with van der Waals surface area (Å²) in [6, 6.07) is 23.4. The molecule has 130 valence electrons. The van der Waals surface area contributed by atoms with Crippen molar-refractivity contribution in [1.29, 1.82) is 5.26 Å². The molecule has 4 rings (SSSR count). The number of fused-ring (bicyclic) bond motifs is 2. The Morgan fingerprint density at radius 1 is 0.926 bits per heavy atom. The maximum Gasteiger partial charge on any atom is 0.244 e. The minimum absolute atomic E-state index is 0.0421. The fraction of sp³-hybridized carbons (Fsp3) is 0.0455. The molecule has 0 bridgehead atoms. The lowest BCUT2D eigenvalue weighted by Crippen LogP contribution is -2.21. The van der Waals surface area contributed by atoms with Crippen molar-refractivity contribution in [3.63, 3.8) is 0 Å². The van der Waals surface area contributed by atoms with Crippen LogP contribution < -0.4 is 10.7 Å². The molecule has 0 saturated heterocycles. The third-order valence-corrected chi connectivity index (χ3v) is 4.46. The number of pyridine rings is 1. The van der Waals surface area contributed by atoms with E-state index in [0.29, 0.717) is 33.1 Å². The quantitative estimate of drug-likeness (QED) is 0.571. The first-order valence-corrected chi connectivity index (χ1v) is 8.47. The molecule has 3 aromatic carbocycles. The van der Waals surface area contributed by atoms with E-state index < -0.39 is 0 Å². The van der Waals surface area contributed by atoms with Crippen molar-refractivity contribution in [3.8, 4) is 6.07 Å². The van der Waals surface area contributed by atoms with Crippen LogP contribution in [0.15, 0.2) is 77.6 Å². The van der Waals surface area contributed by atoms with Gasteiger partial charge in [-0.25, -0.2) is 0 Å². The third kappa shape index (κ3) is 3.05. The van der Waals surface area contributed by atoms with Crippen LogP contribution in [0.3, 0.4) is 0 Å². The molecule has 0 spiro atoms. The maximum absolute atomic E-state index is 12.7. The number of rotatable bonds is 3. The maximum atomic E-state index is 12.7. The molecule has 5 heteroatoms. The van der Waals surface area contributed by atoms with Crippen LogP contribution in [-0.4, -0.2) is 10.5 Å². The highest BCUT2D eigenvalue weighted by atomic mass is 16.2. The first-order chi connectivity index (χ1) is 13.2. The zero-order valence-electron chi connectivity index (χ0n) is 14.3. The van der Waals surface area contributed by atoms with Crippen molar-refractivity contribution in [2.45, 2.75) is 6.54 Å². The Morgan fingerprint density at radius 2 is 1.56 bits per heavy atom. The number of nitrogens with zero attached hydrogens (tertiary/aromatic N) is 2. The number of hydrogen-bond acceptors (Lipinski definition) is 3. The zero-order valence-corrected chi connectivity index (χ0v) is 14.3. The van der Waals surface area contributed by atoms with Gasteiger partial charge in [0.1, 0.15) is 6.54 Å². The smallest absolute Gasteiger partial charge is 0.244 e. The second-order valence-corrected chi connectivity index (χ2v) is 6.19. The molecule has 0 aliphatic carbocycles. The number of nitriles is 1. The second-order valence-electron chi connectivity index (χ2n) is 6.19. The van der Waals surface area contributed by atoms with Gasteiger partial charge in [0, 0.05) is 16.5 Å². The minimum atomic E-state index is -0.232. The molecule has 1 amide bonds. The number of para-hydroxylation sites is 2. The van der Waals surface area contributed by atoms with Gasteiger partial charge < -0.3 is 9.88 Å². The lowest BCUT2D eigenvalue weighted by molar-refractivity contribution is -0.116. The Labute approximate surface area is 155 Å². The number of amides is 1. The average molecular weight is 353 g/mol. The van der Waals surface area contributed by atoms with Gasteiger partial charge in [-0.3, -0.25) is 9.59 Å². The topological polar surface area (TPSA) is 74.9 Å². The highest BCUT2D eigenvalue weighted by Crippen LogP contribution is 2.19. The predicted molar refractivity (Wildman–Crippen MR) is 106 cm³/mol. The average Bonchev–Trinajstić information content (AvgIpc) is 2.71. The highest BCUT2D eigenvalue weighted by molar-refractivity contribution is 5.97. The summed E-state index contributed by atoms with van der Waals surface area (Å²) >= 11 is 0. The van der Waals surface area contributed by atoms with Crippen LogP contribution in [0.25, 0.3) is 21.8 Å². The molecule has 27 heavy (non-hydrogen) atoms. The normalized spacial score (nSPS) is 10.6.